The fourth-order valence-corrected chi connectivity index (χ4v) is 0.815. The predicted molar refractivity (Wildman–Crippen MR) is 61.6 cm³/mol. The van der Waals surface area contributed by atoms with Crippen LogP contribution in [0.15, 0.2) is 73.9 Å². The molecule has 0 aliphatic carbocycles. The quantitative estimate of drug-likeness (QED) is 0.420. The van der Waals surface area contributed by atoms with Crippen LogP contribution in [0.2, 0.25) is 0 Å². The Balaban J connectivity index is 4.58. The Morgan fingerprint density at radius 2 is 1.54 bits per heavy atom. The molecule has 0 heterocycles. The summed E-state index contributed by atoms with van der Waals surface area (Å²) in [5.74, 6) is 0. The molecule has 0 amide bonds. The second-order valence-electron chi connectivity index (χ2n) is 2.67. The molecule has 0 atom stereocenters. The molecule has 0 aromatic carbocycles. The lowest BCUT2D eigenvalue weighted by molar-refractivity contribution is 1.29. The SMILES string of the molecule is C=CC/C(C=C)=C/C(=C)C(=C)C=C. The highest BCUT2D eigenvalue weighted by atomic mass is 14.0. The molecule has 0 saturated heterocycles. The van der Waals surface area contributed by atoms with Gasteiger partial charge in [0.2, 0.25) is 0 Å². The molecule has 0 heteroatoms. The van der Waals surface area contributed by atoms with E-state index < -0.39 is 0 Å². The Labute approximate surface area is 81.0 Å². The molecular formula is C13H16. The topological polar surface area (TPSA) is 0 Å². The van der Waals surface area contributed by atoms with Gasteiger partial charge in [-0.15, -0.1) is 6.58 Å². The summed E-state index contributed by atoms with van der Waals surface area (Å²) in [6.45, 7) is 18.7. The van der Waals surface area contributed by atoms with Crippen molar-refractivity contribution in [2.45, 2.75) is 6.42 Å². The molecule has 13 heavy (non-hydrogen) atoms. The van der Waals surface area contributed by atoms with Gasteiger partial charge in [-0.3, -0.25) is 0 Å². The van der Waals surface area contributed by atoms with Gasteiger partial charge >= 0.3 is 0 Å². The van der Waals surface area contributed by atoms with Crippen LogP contribution in [-0.2, 0) is 0 Å². The van der Waals surface area contributed by atoms with Crippen molar-refractivity contribution in [3.05, 3.63) is 73.9 Å². The van der Waals surface area contributed by atoms with Crippen LogP contribution in [0, 0.1) is 0 Å². The van der Waals surface area contributed by atoms with Crippen molar-refractivity contribution in [1.29, 1.82) is 0 Å². The van der Waals surface area contributed by atoms with Gasteiger partial charge in [0.05, 0.1) is 0 Å². The van der Waals surface area contributed by atoms with Crippen LogP contribution in [0.5, 0.6) is 0 Å². The molecule has 0 aromatic heterocycles. The highest BCUT2D eigenvalue weighted by Gasteiger charge is 1.93. The summed E-state index contributed by atoms with van der Waals surface area (Å²) in [7, 11) is 0. The Bertz CT molecular complexity index is 274. The lowest BCUT2D eigenvalue weighted by atomic mass is 10.0. The summed E-state index contributed by atoms with van der Waals surface area (Å²) in [6, 6.07) is 0. The fourth-order valence-electron chi connectivity index (χ4n) is 0.815. The molecule has 0 spiro atoms. The average Bonchev–Trinajstić information content (AvgIpc) is 2.15. The first-order valence-corrected chi connectivity index (χ1v) is 4.10. The predicted octanol–water partition coefficient (Wildman–Crippen LogP) is 3.97. The van der Waals surface area contributed by atoms with Crippen LogP contribution < -0.4 is 0 Å². The minimum absolute atomic E-state index is 0.799. The standard InChI is InChI=1S/C13H16/c1-6-9-13(8-3)10-12(5)11(4)7-2/h6-8,10H,1-5,9H2/b13-10+. The Hall–Kier alpha value is -1.56. The van der Waals surface area contributed by atoms with E-state index in [9.17, 15) is 0 Å². The molecule has 0 aliphatic rings. The third-order valence-electron chi connectivity index (χ3n) is 1.66. The summed E-state index contributed by atoms with van der Waals surface area (Å²) in [4.78, 5) is 0. The second-order valence-corrected chi connectivity index (χ2v) is 2.67. The van der Waals surface area contributed by atoms with Crippen LogP contribution in [0.3, 0.4) is 0 Å². The van der Waals surface area contributed by atoms with E-state index in [-0.39, 0.29) is 0 Å². The molecule has 0 rings (SSSR count). The molecule has 0 nitrogen and oxygen atoms in total. The molecule has 0 saturated carbocycles. The third-order valence-corrected chi connectivity index (χ3v) is 1.66. The van der Waals surface area contributed by atoms with Gasteiger partial charge in [-0.05, 0) is 23.1 Å². The van der Waals surface area contributed by atoms with Crippen LogP contribution in [0.25, 0.3) is 0 Å². The van der Waals surface area contributed by atoms with Gasteiger partial charge in [-0.2, -0.15) is 0 Å². The van der Waals surface area contributed by atoms with E-state index in [4.69, 9.17) is 0 Å². The summed E-state index contributed by atoms with van der Waals surface area (Å²) < 4.78 is 0. The maximum Gasteiger partial charge on any atom is -0.0100 e. The summed E-state index contributed by atoms with van der Waals surface area (Å²) in [6.07, 6.45) is 8.06. The molecular weight excluding hydrogens is 156 g/mol. The van der Waals surface area contributed by atoms with Gasteiger partial charge in [0.1, 0.15) is 0 Å². The van der Waals surface area contributed by atoms with E-state index >= 15 is 0 Å². The normalized spacial score (nSPS) is 10.3. The molecule has 0 radical (unpaired) electrons. The van der Waals surface area contributed by atoms with Crippen molar-refractivity contribution in [2.75, 3.05) is 0 Å². The van der Waals surface area contributed by atoms with E-state index in [0.717, 1.165) is 23.1 Å². The Morgan fingerprint density at radius 3 is 1.92 bits per heavy atom. The van der Waals surface area contributed by atoms with Crippen molar-refractivity contribution >= 4 is 0 Å². The first-order valence-electron chi connectivity index (χ1n) is 4.10. The average molecular weight is 172 g/mol. The maximum atomic E-state index is 3.87. The Kier molecular flexibility index (Phi) is 5.29. The highest BCUT2D eigenvalue weighted by Crippen LogP contribution is 2.13. The molecule has 68 valence electrons. The van der Waals surface area contributed by atoms with Crippen molar-refractivity contribution in [3.63, 3.8) is 0 Å². The van der Waals surface area contributed by atoms with Gasteiger partial charge in [-0.25, -0.2) is 0 Å². The first kappa shape index (κ1) is 11.4. The zero-order valence-electron chi connectivity index (χ0n) is 8.05. The highest BCUT2D eigenvalue weighted by molar-refractivity contribution is 5.45. The van der Waals surface area contributed by atoms with E-state index in [1.54, 1.807) is 12.2 Å². The summed E-state index contributed by atoms with van der Waals surface area (Å²) >= 11 is 0. The number of hydrogen-bond donors (Lipinski definition) is 0. The molecule has 0 aliphatic heterocycles. The lowest BCUT2D eigenvalue weighted by Crippen LogP contribution is -1.81. The number of allylic oxidation sites excluding steroid dienone is 7. The zero-order valence-corrected chi connectivity index (χ0v) is 8.05. The fraction of sp³-hybridized carbons (Fsp3) is 0.0769. The number of rotatable bonds is 6. The first-order chi connectivity index (χ1) is 6.15. The molecule has 0 bridgehead atoms. The van der Waals surface area contributed by atoms with Gasteiger partial charge in [0.15, 0.2) is 0 Å². The maximum absolute atomic E-state index is 3.87. The minimum Gasteiger partial charge on any atom is -0.103 e. The number of hydrogen-bond acceptors (Lipinski definition) is 0. The monoisotopic (exact) mass is 172 g/mol. The van der Waals surface area contributed by atoms with Crippen molar-refractivity contribution < 1.29 is 0 Å². The molecule has 0 fully saturated rings. The smallest absolute Gasteiger partial charge is 0.0100 e. The molecule has 0 N–H and O–H groups in total. The van der Waals surface area contributed by atoms with Crippen LogP contribution in [0.4, 0.5) is 0 Å². The van der Waals surface area contributed by atoms with Gasteiger partial charge in [-0.1, -0.05) is 50.6 Å². The minimum atomic E-state index is 0.799. The van der Waals surface area contributed by atoms with Crippen molar-refractivity contribution in [1.82, 2.24) is 0 Å². The Morgan fingerprint density at radius 1 is 0.923 bits per heavy atom. The third kappa shape index (κ3) is 4.12. The van der Waals surface area contributed by atoms with Gasteiger partial charge in [0.25, 0.3) is 0 Å². The van der Waals surface area contributed by atoms with Crippen LogP contribution in [-0.4, -0.2) is 0 Å². The van der Waals surface area contributed by atoms with Crippen molar-refractivity contribution in [2.24, 2.45) is 0 Å². The van der Waals surface area contributed by atoms with Crippen molar-refractivity contribution in [3.8, 4) is 0 Å². The summed E-state index contributed by atoms with van der Waals surface area (Å²) in [5, 5.41) is 0. The van der Waals surface area contributed by atoms with E-state index in [2.05, 4.69) is 32.9 Å². The molecule has 0 unspecified atom stereocenters. The van der Waals surface area contributed by atoms with E-state index in [1.807, 2.05) is 12.2 Å². The molecule has 0 aromatic rings. The van der Waals surface area contributed by atoms with Gasteiger partial charge < -0.3 is 0 Å². The van der Waals surface area contributed by atoms with E-state index in [0.29, 0.717) is 0 Å². The second kappa shape index (κ2) is 6.01. The van der Waals surface area contributed by atoms with Crippen LogP contribution in [0.1, 0.15) is 6.42 Å². The van der Waals surface area contributed by atoms with Crippen LogP contribution >= 0.6 is 0 Å². The van der Waals surface area contributed by atoms with Gasteiger partial charge in [0, 0.05) is 0 Å². The largest absolute Gasteiger partial charge is 0.103 e. The van der Waals surface area contributed by atoms with E-state index in [1.165, 1.54) is 0 Å². The summed E-state index contributed by atoms with van der Waals surface area (Å²) in [5.41, 5.74) is 2.79. The zero-order chi connectivity index (χ0) is 10.3. The lowest BCUT2D eigenvalue weighted by Gasteiger charge is -2.01.